The highest BCUT2D eigenvalue weighted by atomic mass is 16.4. The van der Waals surface area contributed by atoms with Gasteiger partial charge >= 0.3 is 17.9 Å². The summed E-state index contributed by atoms with van der Waals surface area (Å²) < 4.78 is 0. The van der Waals surface area contributed by atoms with E-state index < -0.39 is 315 Å². The molecule has 137 heavy (non-hydrogen) atoms. The van der Waals surface area contributed by atoms with Crippen molar-refractivity contribution >= 4 is 160 Å². The molecule has 0 aliphatic carbocycles. The Morgan fingerprint density at radius 2 is 0.635 bits per heavy atom. The normalized spacial score (nSPS) is 14.7. The number of hydrogen-bond donors (Lipinski definition) is 35. The summed E-state index contributed by atoms with van der Waals surface area (Å²) in [6, 6.07) is -20.0. The predicted octanol–water partition coefficient (Wildman–Crippen LogP) is -14.9. The van der Waals surface area contributed by atoms with E-state index in [1.165, 1.54) is 18.7 Å². The number of nitrogens with zero attached hydrogens (tertiary/aromatic N) is 1. The van der Waals surface area contributed by atoms with Gasteiger partial charge in [0.05, 0.1) is 65.2 Å². The molecule has 1 aliphatic heterocycles. The van der Waals surface area contributed by atoms with Gasteiger partial charge in [-0.2, -0.15) is 0 Å². The van der Waals surface area contributed by atoms with Crippen molar-refractivity contribution in [3.05, 3.63) is 0 Å². The van der Waals surface area contributed by atoms with E-state index in [1.54, 1.807) is 41.5 Å². The van der Waals surface area contributed by atoms with Gasteiger partial charge in [-0.15, -0.1) is 0 Å². The fourth-order valence-corrected chi connectivity index (χ4v) is 12.5. The van der Waals surface area contributed by atoms with Gasteiger partial charge in [0.15, 0.2) is 23.8 Å². The first-order valence-electron chi connectivity index (χ1n) is 43.7. The van der Waals surface area contributed by atoms with Crippen LogP contribution in [0.5, 0.6) is 0 Å². The number of carbonyl (C=O) groups is 23. The second-order valence-electron chi connectivity index (χ2n) is 32.2. The summed E-state index contributed by atoms with van der Waals surface area (Å²) in [6.07, 6.45) is -2.30. The zero-order chi connectivity index (χ0) is 104. The Morgan fingerprint density at radius 1 is 0.328 bits per heavy atom. The standard InChI is InChI=1S/C78H135N33O26/c1-10-38(6)61(108-56(119)34-96-52(115)30-93-50(113)29-92-49(112)28-79)72(134)109-59(36(2)3)71(133)106-45(19-14-24-91-78(86)87)68(130)104-43(17-12-22-89-76(82)83)66(128)101-40(8)63(125)107-46(26-57(120)121)69(131)105-44(18-13-23-90-77(84)85)67(129)100-39(7)62(124)99-41(9)64(126)110-60(37(4)5)73(135)111-25-15-20-48(111)70(132)98-32-53(116)94-31-51(114)95-33-54(117)102-42(16-11-21-88-75(80)81)65(127)97-35-55(118)103-47(74(136)137)27-58(122)123/h36-48,59-61H,10-35,79H2,1-9H3,(H,92,112)(H,93,113)(H,94,116)(H,95,114)(H,96,115)(H,97,127)(H,98,132)(H,99,124)(H,100,129)(H,101,128)(H,102,117)(H,103,118)(H,104,130)(H,105,131)(H,106,133)(H,107,125)(H,108,119)(H,109,134)(H,110,126)(H,120,121)(H,122,123)(H,136,137)(H4,80,81,88)(H4,82,83,89)(H4,84,85,90)(H4,86,87,91)/t38-,39-,40-,41-,42-,43-,44-,45-,46-,47-,48-,59-,60-,61-/m0/s1. The molecule has 59 heteroatoms. The van der Waals surface area contributed by atoms with E-state index in [9.17, 15) is 120 Å². The monoisotopic (exact) mass is 1950 g/mol. The van der Waals surface area contributed by atoms with Gasteiger partial charge in [-0.1, -0.05) is 48.0 Å². The summed E-state index contributed by atoms with van der Waals surface area (Å²) in [5, 5.41) is 113. The van der Waals surface area contributed by atoms with Crippen molar-refractivity contribution in [1.82, 2.24) is 127 Å². The number of nitrogens with two attached hydrogens (primary N) is 5. The Kier molecular flexibility index (Phi) is 55.2. The zero-order valence-electron chi connectivity index (χ0n) is 77.7. The number of rotatable bonds is 64. The van der Waals surface area contributed by atoms with Crippen LogP contribution in [0.1, 0.15) is 146 Å². The fraction of sp³-hybridized carbons (Fsp3) is 0.654. The predicted molar refractivity (Wildman–Crippen MR) is 483 cm³/mol. The van der Waals surface area contributed by atoms with Crippen LogP contribution < -0.4 is 151 Å². The zero-order valence-corrected chi connectivity index (χ0v) is 77.7. The number of hydrogen-bond acceptors (Lipinski definition) is 28. The molecule has 1 heterocycles. The first-order valence-corrected chi connectivity index (χ1v) is 43.7. The lowest BCUT2D eigenvalue weighted by atomic mass is 9.96. The van der Waals surface area contributed by atoms with E-state index in [4.69, 9.17) is 55.4 Å². The Bertz CT molecular complexity index is 4290. The maximum absolute atomic E-state index is 14.5. The molecule has 768 valence electrons. The van der Waals surface area contributed by atoms with Crippen molar-refractivity contribution in [2.75, 3.05) is 85.1 Å². The molecule has 0 radical (unpaired) electrons. The first-order chi connectivity index (χ1) is 64.2. The van der Waals surface area contributed by atoms with Gasteiger partial charge in [-0.3, -0.25) is 127 Å². The molecule has 59 nitrogen and oxygen atoms in total. The van der Waals surface area contributed by atoms with Crippen molar-refractivity contribution in [2.24, 2.45) is 46.4 Å². The number of likely N-dealkylation sites (tertiary alicyclic amines) is 1. The maximum Gasteiger partial charge on any atom is 0.326 e. The summed E-state index contributed by atoms with van der Waals surface area (Å²) in [6.45, 7) is 7.81. The lowest BCUT2D eigenvalue weighted by Crippen LogP contribution is -2.61. The number of carboxylic acids is 3. The van der Waals surface area contributed by atoms with Crippen molar-refractivity contribution in [3.8, 4) is 0 Å². The molecule has 20 amide bonds. The summed E-state index contributed by atoms with van der Waals surface area (Å²) in [4.78, 5) is 304. The lowest BCUT2D eigenvalue weighted by Gasteiger charge is -2.31. The van der Waals surface area contributed by atoms with Crippen molar-refractivity contribution in [3.63, 3.8) is 0 Å². The van der Waals surface area contributed by atoms with E-state index in [0.29, 0.717) is 6.42 Å². The highest BCUT2D eigenvalue weighted by molar-refractivity contribution is 6.02. The number of amides is 20. The SMILES string of the molecule is CC[C@H](C)[C@H](NC(=O)CNC(=O)CNC(=O)CNC(=O)CN)C(=O)N[C@H](C(=O)N[C@@H](CCCNC(=N)N)C(=O)N[C@@H](CCCNC(=N)N)C(=O)N[C@@H](C)C(=O)N[C@@H](CC(=O)O)C(=O)N[C@@H](CCCNC(=N)N)C(=O)N[C@@H](C)C(=O)N[C@@H](C)C(=O)N[C@H](C(=O)N1CCC[C@H]1C(=O)NCC(=O)NCC(=O)NCC(=O)N[C@@H](CCCNC(=N)N)C(=O)NCC(=O)N[C@@H](CC(=O)O)C(=O)O)C(C)C)C(C)C. The van der Waals surface area contributed by atoms with Crippen LogP contribution in [0.4, 0.5) is 0 Å². The van der Waals surface area contributed by atoms with Crippen molar-refractivity contribution in [1.29, 1.82) is 21.6 Å². The second kappa shape index (κ2) is 63.1. The highest BCUT2D eigenvalue weighted by Gasteiger charge is 2.42. The molecule has 0 bridgehead atoms. The smallest absolute Gasteiger partial charge is 0.326 e. The molecule has 14 atom stereocenters. The highest BCUT2D eigenvalue weighted by Crippen LogP contribution is 2.21. The first kappa shape index (κ1) is 120. The summed E-state index contributed by atoms with van der Waals surface area (Å²) in [5.74, 6) is -27.4. The number of guanidine groups is 4. The van der Waals surface area contributed by atoms with Crippen LogP contribution in [0.15, 0.2) is 0 Å². The average Bonchev–Trinajstić information content (AvgIpc) is 1.68. The minimum atomic E-state index is -2.03. The molecule has 1 rings (SSSR count). The molecule has 1 fully saturated rings. The molecule has 40 N–H and O–H groups in total. The van der Waals surface area contributed by atoms with Crippen LogP contribution >= 0.6 is 0 Å². The molecule has 0 aromatic rings. The summed E-state index contributed by atoms with van der Waals surface area (Å²) in [7, 11) is 0. The van der Waals surface area contributed by atoms with Crippen molar-refractivity contribution in [2.45, 2.75) is 224 Å². The van der Waals surface area contributed by atoms with Gasteiger partial charge in [0.25, 0.3) is 0 Å². The molecule has 0 aromatic heterocycles. The fourth-order valence-electron chi connectivity index (χ4n) is 12.5. The minimum absolute atomic E-state index is 0.0116. The van der Waals surface area contributed by atoms with Gasteiger partial charge in [0.1, 0.15) is 78.5 Å². The number of carbonyl (C=O) groups excluding carboxylic acids is 20. The Hall–Kier alpha value is -15.1. The minimum Gasteiger partial charge on any atom is -0.481 e. The van der Waals surface area contributed by atoms with Gasteiger partial charge in [0, 0.05) is 32.7 Å². The van der Waals surface area contributed by atoms with Gasteiger partial charge in [-0.05, 0) is 103 Å². The van der Waals surface area contributed by atoms with Gasteiger partial charge < -0.3 is 171 Å². The molecule has 1 saturated heterocycles. The summed E-state index contributed by atoms with van der Waals surface area (Å²) >= 11 is 0. The molecular formula is C78H135N33O26. The molecule has 0 aromatic carbocycles. The van der Waals surface area contributed by atoms with E-state index >= 15 is 0 Å². The van der Waals surface area contributed by atoms with Crippen LogP contribution in [-0.2, 0) is 110 Å². The third-order valence-electron chi connectivity index (χ3n) is 20.2. The molecule has 0 saturated carbocycles. The Morgan fingerprint density at radius 3 is 1.02 bits per heavy atom. The molecular weight excluding hydrogens is 1820 g/mol. The molecule has 0 spiro atoms. The largest absolute Gasteiger partial charge is 0.481 e. The number of carboxylic acid groups (broad SMARTS) is 3. The van der Waals surface area contributed by atoms with E-state index in [-0.39, 0.29) is 103 Å². The third-order valence-corrected chi connectivity index (χ3v) is 20.2. The third kappa shape index (κ3) is 49.4. The number of aliphatic carboxylic acids is 3. The van der Waals surface area contributed by atoms with E-state index in [1.807, 2.05) is 5.32 Å². The van der Waals surface area contributed by atoms with E-state index in [2.05, 4.69) is 117 Å². The summed E-state index contributed by atoms with van der Waals surface area (Å²) in [5.41, 5.74) is 26.9. The van der Waals surface area contributed by atoms with Gasteiger partial charge in [0.2, 0.25) is 118 Å². The second-order valence-corrected chi connectivity index (χ2v) is 32.2. The molecule has 0 unspecified atom stereocenters. The Balaban J connectivity index is 3.30. The van der Waals surface area contributed by atoms with Crippen LogP contribution in [0, 0.1) is 39.4 Å². The van der Waals surface area contributed by atoms with Crippen LogP contribution in [0.2, 0.25) is 0 Å². The number of nitrogens with one attached hydrogen (secondary N) is 27. The van der Waals surface area contributed by atoms with E-state index in [0.717, 1.165) is 6.92 Å². The topological polar surface area (TPSA) is 959 Å². The van der Waals surface area contributed by atoms with Crippen LogP contribution in [-0.4, -0.2) is 344 Å². The Labute approximate surface area is 787 Å². The molecule has 1 aliphatic rings. The quantitative estimate of drug-likeness (QED) is 0.0153. The van der Waals surface area contributed by atoms with Gasteiger partial charge in [-0.25, -0.2) is 4.79 Å². The lowest BCUT2D eigenvalue weighted by molar-refractivity contribution is -0.147. The van der Waals surface area contributed by atoms with Crippen LogP contribution in [0.25, 0.3) is 0 Å². The van der Waals surface area contributed by atoms with Crippen LogP contribution in [0.3, 0.4) is 0 Å². The maximum atomic E-state index is 14.5. The average molecular weight is 1950 g/mol. The van der Waals surface area contributed by atoms with Crippen molar-refractivity contribution < 1.29 is 126 Å².